The third-order valence-electron chi connectivity index (χ3n) is 2.97. The molecule has 0 aliphatic heterocycles. The highest BCUT2D eigenvalue weighted by atomic mass is 35.5. The molecule has 0 radical (unpaired) electrons. The second kappa shape index (κ2) is 6.67. The summed E-state index contributed by atoms with van der Waals surface area (Å²) in [6.07, 6.45) is 0. The molecule has 2 aromatic carbocycles. The van der Waals surface area contributed by atoms with Crippen LogP contribution in [0.2, 0.25) is 15.1 Å². The number of nitrogens with one attached hydrogen (secondary N) is 1. The largest absolute Gasteiger partial charge is 0.322 e. The van der Waals surface area contributed by atoms with Gasteiger partial charge in [-0.3, -0.25) is 4.79 Å². The van der Waals surface area contributed by atoms with E-state index in [2.05, 4.69) is 5.32 Å². The summed E-state index contributed by atoms with van der Waals surface area (Å²) in [4.78, 5) is 12.2. The maximum Gasteiger partial charge on any atom is 0.245 e. The molecule has 0 saturated heterocycles. The highest BCUT2D eigenvalue weighted by Crippen LogP contribution is 2.34. The molecule has 21 heavy (non-hydrogen) atoms. The number of rotatable bonds is 3. The Morgan fingerprint density at radius 1 is 1.10 bits per heavy atom. The molecule has 0 fully saturated rings. The maximum absolute atomic E-state index is 12.2. The molecule has 0 heterocycles. The molecule has 1 atom stereocenters. The number of amides is 1. The monoisotopic (exact) mass is 342 g/mol. The van der Waals surface area contributed by atoms with Crippen molar-refractivity contribution in [3.63, 3.8) is 0 Å². The fourth-order valence-corrected chi connectivity index (χ4v) is 2.70. The first-order chi connectivity index (χ1) is 9.88. The van der Waals surface area contributed by atoms with Crippen molar-refractivity contribution in [2.45, 2.75) is 13.0 Å². The van der Waals surface area contributed by atoms with Crippen LogP contribution in [0.1, 0.15) is 17.2 Å². The molecule has 2 rings (SSSR count). The fraction of sp³-hybridized carbons (Fsp3) is 0.133. The molecule has 1 amide bonds. The molecule has 0 aliphatic rings. The highest BCUT2D eigenvalue weighted by Gasteiger charge is 2.18. The van der Waals surface area contributed by atoms with Crippen LogP contribution >= 0.6 is 34.8 Å². The second-order valence-electron chi connectivity index (χ2n) is 4.62. The summed E-state index contributed by atoms with van der Waals surface area (Å²) in [6.45, 7) is 1.96. The number of aryl methyl sites for hydroxylation is 1. The first kappa shape index (κ1) is 16.1. The Morgan fingerprint density at radius 3 is 2.14 bits per heavy atom. The number of nitrogens with two attached hydrogens (primary N) is 1. The smallest absolute Gasteiger partial charge is 0.245 e. The molecule has 0 saturated carbocycles. The van der Waals surface area contributed by atoms with Crippen LogP contribution in [0.3, 0.4) is 0 Å². The lowest BCUT2D eigenvalue weighted by Crippen LogP contribution is -2.28. The number of halogens is 3. The summed E-state index contributed by atoms with van der Waals surface area (Å²) in [5.41, 5.74) is 8.04. The van der Waals surface area contributed by atoms with Gasteiger partial charge < -0.3 is 11.1 Å². The zero-order valence-electron chi connectivity index (χ0n) is 11.2. The van der Waals surface area contributed by atoms with Crippen molar-refractivity contribution in [3.8, 4) is 0 Å². The molecule has 0 aliphatic carbocycles. The molecule has 2 aromatic rings. The number of hydrogen-bond donors (Lipinski definition) is 2. The Morgan fingerprint density at radius 2 is 1.62 bits per heavy atom. The van der Waals surface area contributed by atoms with Crippen LogP contribution in [-0.2, 0) is 4.79 Å². The van der Waals surface area contributed by atoms with Crippen molar-refractivity contribution in [2.75, 3.05) is 5.32 Å². The molecule has 0 spiro atoms. The van der Waals surface area contributed by atoms with Crippen molar-refractivity contribution < 1.29 is 4.79 Å². The Hall–Kier alpha value is -1.26. The van der Waals surface area contributed by atoms with E-state index in [4.69, 9.17) is 40.5 Å². The SMILES string of the molecule is Cc1ccc(C(N)C(=O)Nc2c(Cl)cc(Cl)cc2Cl)cc1. The third kappa shape index (κ3) is 3.89. The first-order valence-corrected chi connectivity index (χ1v) is 7.29. The van der Waals surface area contributed by atoms with Gasteiger partial charge in [0.05, 0.1) is 15.7 Å². The average molecular weight is 344 g/mol. The van der Waals surface area contributed by atoms with Crippen LogP contribution in [0.5, 0.6) is 0 Å². The maximum atomic E-state index is 12.2. The zero-order chi connectivity index (χ0) is 15.6. The molecular weight excluding hydrogens is 331 g/mol. The topological polar surface area (TPSA) is 55.1 Å². The molecule has 0 aromatic heterocycles. The number of anilines is 1. The zero-order valence-corrected chi connectivity index (χ0v) is 13.4. The van der Waals surface area contributed by atoms with Gasteiger partial charge in [0.15, 0.2) is 0 Å². The molecule has 3 N–H and O–H groups in total. The van der Waals surface area contributed by atoms with Crippen molar-refractivity contribution in [1.29, 1.82) is 0 Å². The lowest BCUT2D eigenvalue weighted by molar-refractivity contribution is -0.117. The minimum absolute atomic E-state index is 0.261. The number of benzene rings is 2. The number of carbonyl (C=O) groups is 1. The van der Waals surface area contributed by atoms with Crippen LogP contribution in [0, 0.1) is 6.92 Å². The average Bonchev–Trinajstić information content (AvgIpc) is 2.42. The second-order valence-corrected chi connectivity index (χ2v) is 5.87. The summed E-state index contributed by atoms with van der Waals surface area (Å²) in [5.74, 6) is -0.398. The fourth-order valence-electron chi connectivity index (χ4n) is 1.79. The van der Waals surface area contributed by atoms with E-state index in [1.54, 1.807) is 0 Å². The van der Waals surface area contributed by atoms with Crippen molar-refractivity contribution in [3.05, 3.63) is 62.6 Å². The van der Waals surface area contributed by atoms with Gasteiger partial charge in [-0.15, -0.1) is 0 Å². The predicted octanol–water partition coefficient (Wildman–Crippen LogP) is 4.59. The van der Waals surface area contributed by atoms with Crippen LogP contribution in [0.25, 0.3) is 0 Å². The van der Waals surface area contributed by atoms with Gasteiger partial charge in [-0.05, 0) is 24.6 Å². The van der Waals surface area contributed by atoms with Crippen LogP contribution in [0.15, 0.2) is 36.4 Å². The van der Waals surface area contributed by atoms with E-state index >= 15 is 0 Å². The van der Waals surface area contributed by atoms with Crippen molar-refractivity contribution in [2.24, 2.45) is 5.73 Å². The van der Waals surface area contributed by atoms with Gasteiger partial charge in [0, 0.05) is 5.02 Å². The van der Waals surface area contributed by atoms with E-state index in [1.807, 2.05) is 31.2 Å². The molecule has 110 valence electrons. The lowest BCUT2D eigenvalue weighted by Gasteiger charge is -2.15. The van der Waals surface area contributed by atoms with Crippen molar-refractivity contribution in [1.82, 2.24) is 0 Å². The van der Waals surface area contributed by atoms with Gasteiger partial charge in [0.2, 0.25) is 5.91 Å². The van der Waals surface area contributed by atoms with Gasteiger partial charge in [0.25, 0.3) is 0 Å². The summed E-state index contributed by atoms with van der Waals surface area (Å²) in [5, 5.41) is 3.55. The third-order valence-corrected chi connectivity index (χ3v) is 3.79. The Labute approximate surface area is 138 Å². The van der Waals surface area contributed by atoms with E-state index in [9.17, 15) is 4.79 Å². The molecule has 6 heteroatoms. The number of hydrogen-bond acceptors (Lipinski definition) is 2. The minimum Gasteiger partial charge on any atom is -0.322 e. The minimum atomic E-state index is -0.812. The van der Waals surface area contributed by atoms with Crippen LogP contribution < -0.4 is 11.1 Å². The Kier molecular flexibility index (Phi) is 5.12. The molecule has 3 nitrogen and oxygen atoms in total. The van der Waals surface area contributed by atoms with E-state index < -0.39 is 11.9 Å². The summed E-state index contributed by atoms with van der Waals surface area (Å²) < 4.78 is 0. The van der Waals surface area contributed by atoms with E-state index in [0.29, 0.717) is 16.3 Å². The van der Waals surface area contributed by atoms with Gasteiger partial charge in [-0.1, -0.05) is 64.6 Å². The lowest BCUT2D eigenvalue weighted by atomic mass is 10.1. The normalized spacial score (nSPS) is 12.0. The van der Waals surface area contributed by atoms with Crippen LogP contribution in [0.4, 0.5) is 5.69 Å². The standard InChI is InChI=1S/C15H13Cl3N2O/c1-8-2-4-9(5-3-8)13(19)15(21)20-14-11(17)6-10(16)7-12(14)18/h2-7,13H,19H2,1H3,(H,20,21). The van der Waals surface area contributed by atoms with Crippen molar-refractivity contribution >= 4 is 46.4 Å². The summed E-state index contributed by atoms with van der Waals surface area (Å²) in [6, 6.07) is 9.60. The van der Waals surface area contributed by atoms with E-state index in [0.717, 1.165) is 5.56 Å². The van der Waals surface area contributed by atoms with E-state index in [1.165, 1.54) is 12.1 Å². The summed E-state index contributed by atoms with van der Waals surface area (Å²) >= 11 is 17.9. The van der Waals surface area contributed by atoms with Crippen LogP contribution in [-0.4, -0.2) is 5.91 Å². The first-order valence-electron chi connectivity index (χ1n) is 6.16. The van der Waals surface area contributed by atoms with Gasteiger partial charge in [-0.2, -0.15) is 0 Å². The summed E-state index contributed by atoms with van der Waals surface area (Å²) in [7, 11) is 0. The Balaban J connectivity index is 2.20. The van der Waals surface area contributed by atoms with Gasteiger partial charge in [0.1, 0.15) is 6.04 Å². The quantitative estimate of drug-likeness (QED) is 0.856. The van der Waals surface area contributed by atoms with Gasteiger partial charge >= 0.3 is 0 Å². The van der Waals surface area contributed by atoms with Gasteiger partial charge in [-0.25, -0.2) is 0 Å². The predicted molar refractivity (Wildman–Crippen MR) is 88.2 cm³/mol. The number of carbonyl (C=O) groups excluding carboxylic acids is 1. The molecule has 1 unspecified atom stereocenters. The molecular formula is C15H13Cl3N2O. The van der Waals surface area contributed by atoms with E-state index in [-0.39, 0.29) is 10.0 Å². The highest BCUT2D eigenvalue weighted by molar-refractivity contribution is 6.42. The molecule has 0 bridgehead atoms. The Bertz CT molecular complexity index is 648.